The number of rotatable bonds is 4. The fourth-order valence-corrected chi connectivity index (χ4v) is 3.78. The van der Waals surface area contributed by atoms with Gasteiger partial charge >= 0.3 is 0 Å². The molecule has 0 unspecified atom stereocenters. The second kappa shape index (κ2) is 6.14. The van der Waals surface area contributed by atoms with Gasteiger partial charge in [0.1, 0.15) is 18.0 Å². The Kier molecular flexibility index (Phi) is 3.81. The molecule has 4 rings (SSSR count). The Bertz CT molecular complexity index is 870. The van der Waals surface area contributed by atoms with Crippen molar-refractivity contribution in [2.45, 2.75) is 5.54 Å². The van der Waals surface area contributed by atoms with Gasteiger partial charge in [-0.25, -0.2) is 13.5 Å². The van der Waals surface area contributed by atoms with Crippen molar-refractivity contribution in [1.82, 2.24) is 25.2 Å². The summed E-state index contributed by atoms with van der Waals surface area (Å²) in [7, 11) is 0. The highest BCUT2D eigenvalue weighted by atomic mass is 32.1. The molecule has 0 N–H and O–H groups in total. The lowest BCUT2D eigenvalue weighted by molar-refractivity contribution is 0.451. The molecular formula is C17H11F2N5S. The van der Waals surface area contributed by atoms with Crippen LogP contribution < -0.4 is 0 Å². The van der Waals surface area contributed by atoms with Crippen LogP contribution in [-0.4, -0.2) is 25.2 Å². The topological polar surface area (TPSA) is 56.5 Å². The zero-order valence-corrected chi connectivity index (χ0v) is 13.6. The molecule has 5 nitrogen and oxygen atoms in total. The first-order valence-corrected chi connectivity index (χ1v) is 8.24. The van der Waals surface area contributed by atoms with Crippen LogP contribution in [0.4, 0.5) is 8.78 Å². The number of nitrogens with zero attached hydrogens (tertiary/aromatic N) is 5. The standard InChI is InChI=1S/C17H11F2N5S/c18-14-5-1-12(2-6-14)17(16-9-20-11-25-16,24-10-21-22-23-24)13-3-7-15(19)8-4-13/h1-11H. The third-order valence-corrected chi connectivity index (χ3v) is 4.89. The van der Waals surface area contributed by atoms with E-state index in [2.05, 4.69) is 20.5 Å². The summed E-state index contributed by atoms with van der Waals surface area (Å²) >= 11 is 1.41. The number of benzene rings is 2. The lowest BCUT2D eigenvalue weighted by atomic mass is 9.81. The maximum absolute atomic E-state index is 13.5. The van der Waals surface area contributed by atoms with Gasteiger partial charge in [-0.2, -0.15) is 0 Å². The zero-order chi connectivity index (χ0) is 17.3. The van der Waals surface area contributed by atoms with E-state index in [1.807, 2.05) is 0 Å². The molecule has 4 aromatic rings. The molecule has 0 radical (unpaired) electrons. The number of halogens is 2. The van der Waals surface area contributed by atoms with Crippen molar-refractivity contribution in [3.63, 3.8) is 0 Å². The van der Waals surface area contributed by atoms with Crippen LogP contribution in [0.1, 0.15) is 16.0 Å². The van der Waals surface area contributed by atoms with E-state index in [0.29, 0.717) is 0 Å². The normalized spacial score (nSPS) is 11.6. The van der Waals surface area contributed by atoms with Crippen molar-refractivity contribution >= 4 is 11.3 Å². The molecule has 2 heterocycles. The summed E-state index contributed by atoms with van der Waals surface area (Å²) in [5.74, 6) is -0.699. The monoisotopic (exact) mass is 355 g/mol. The summed E-state index contributed by atoms with van der Waals surface area (Å²) in [4.78, 5) is 4.99. The minimum Gasteiger partial charge on any atom is -0.253 e. The molecule has 8 heteroatoms. The molecule has 2 aromatic carbocycles. The summed E-state index contributed by atoms with van der Waals surface area (Å²) in [5, 5.41) is 11.6. The smallest absolute Gasteiger partial charge is 0.152 e. The van der Waals surface area contributed by atoms with Crippen molar-refractivity contribution in [3.05, 3.63) is 94.2 Å². The predicted molar refractivity (Wildman–Crippen MR) is 88.0 cm³/mol. The number of aromatic nitrogens is 5. The fraction of sp³-hybridized carbons (Fsp3) is 0.0588. The number of hydrogen-bond acceptors (Lipinski definition) is 5. The van der Waals surface area contributed by atoms with E-state index in [1.165, 1.54) is 41.9 Å². The van der Waals surface area contributed by atoms with Crippen LogP contribution in [0.25, 0.3) is 0 Å². The molecule has 0 saturated carbocycles. The molecule has 25 heavy (non-hydrogen) atoms. The predicted octanol–water partition coefficient (Wildman–Crippen LogP) is 3.25. The van der Waals surface area contributed by atoms with Crippen molar-refractivity contribution in [2.75, 3.05) is 0 Å². The van der Waals surface area contributed by atoms with Crippen LogP contribution in [0.2, 0.25) is 0 Å². The molecule has 0 aliphatic heterocycles. The molecule has 0 spiro atoms. The molecule has 124 valence electrons. The first-order valence-electron chi connectivity index (χ1n) is 7.36. The third-order valence-electron chi connectivity index (χ3n) is 4.01. The van der Waals surface area contributed by atoms with Gasteiger partial charge in [0.2, 0.25) is 0 Å². The maximum Gasteiger partial charge on any atom is 0.152 e. The Hall–Kier alpha value is -3.00. The van der Waals surface area contributed by atoms with Gasteiger partial charge in [-0.05, 0) is 45.8 Å². The van der Waals surface area contributed by atoms with Gasteiger partial charge in [-0.15, -0.1) is 16.4 Å². The second-order valence-electron chi connectivity index (χ2n) is 5.34. The van der Waals surface area contributed by atoms with E-state index in [0.717, 1.165) is 16.0 Å². The van der Waals surface area contributed by atoms with Crippen LogP contribution >= 0.6 is 11.3 Å². The molecular weight excluding hydrogens is 344 g/mol. The lowest BCUT2D eigenvalue weighted by Crippen LogP contribution is -2.37. The SMILES string of the molecule is Fc1ccc(C(c2ccc(F)cc2)(c2cncs2)n2cnnn2)cc1. The Labute approximate surface area is 145 Å². The highest BCUT2D eigenvalue weighted by molar-refractivity contribution is 7.09. The lowest BCUT2D eigenvalue weighted by Gasteiger charge is -2.33. The van der Waals surface area contributed by atoms with E-state index in [9.17, 15) is 8.78 Å². The van der Waals surface area contributed by atoms with Crippen molar-refractivity contribution in [1.29, 1.82) is 0 Å². The highest BCUT2D eigenvalue weighted by Crippen LogP contribution is 2.41. The van der Waals surface area contributed by atoms with Gasteiger partial charge < -0.3 is 0 Å². The third kappa shape index (κ3) is 2.51. The fourth-order valence-electron chi connectivity index (χ4n) is 2.92. The highest BCUT2D eigenvalue weighted by Gasteiger charge is 2.41. The second-order valence-corrected chi connectivity index (χ2v) is 6.23. The van der Waals surface area contributed by atoms with Crippen LogP contribution in [0, 0.1) is 11.6 Å². The van der Waals surface area contributed by atoms with E-state index in [1.54, 1.807) is 40.7 Å². The molecule has 0 fully saturated rings. The van der Waals surface area contributed by atoms with Gasteiger partial charge in [0.15, 0.2) is 5.54 Å². The molecule has 2 aromatic heterocycles. The molecule has 0 aliphatic carbocycles. The van der Waals surface area contributed by atoms with E-state index in [-0.39, 0.29) is 11.6 Å². The van der Waals surface area contributed by atoms with Gasteiger partial charge in [0.25, 0.3) is 0 Å². The van der Waals surface area contributed by atoms with Crippen molar-refractivity contribution < 1.29 is 8.78 Å². The van der Waals surface area contributed by atoms with Crippen LogP contribution in [0.5, 0.6) is 0 Å². The quantitative estimate of drug-likeness (QED) is 0.564. The number of hydrogen-bond donors (Lipinski definition) is 0. The van der Waals surface area contributed by atoms with Crippen LogP contribution in [-0.2, 0) is 5.54 Å². The van der Waals surface area contributed by atoms with Gasteiger partial charge in [-0.3, -0.25) is 4.98 Å². The Morgan fingerprint density at radius 2 is 1.48 bits per heavy atom. The number of thiazole rings is 1. The zero-order valence-electron chi connectivity index (χ0n) is 12.8. The van der Waals surface area contributed by atoms with Gasteiger partial charge in [0.05, 0.1) is 10.4 Å². The van der Waals surface area contributed by atoms with Crippen LogP contribution in [0.3, 0.4) is 0 Å². The van der Waals surface area contributed by atoms with Crippen LogP contribution in [0.15, 0.2) is 66.6 Å². The summed E-state index contributed by atoms with van der Waals surface area (Å²) < 4.78 is 28.6. The molecule has 0 amide bonds. The first kappa shape index (κ1) is 15.5. The molecule has 0 atom stereocenters. The molecule has 0 aliphatic rings. The minimum absolute atomic E-state index is 0.349. The summed E-state index contributed by atoms with van der Waals surface area (Å²) in [6.45, 7) is 0. The summed E-state index contributed by atoms with van der Waals surface area (Å²) in [5.41, 5.74) is 2.18. The Morgan fingerprint density at radius 1 is 0.880 bits per heavy atom. The Balaban J connectivity index is 2.08. The minimum atomic E-state index is -0.980. The van der Waals surface area contributed by atoms with Crippen molar-refractivity contribution in [3.8, 4) is 0 Å². The summed E-state index contributed by atoms with van der Waals surface area (Å²) in [6, 6.07) is 12.2. The number of tetrazole rings is 1. The Morgan fingerprint density at radius 3 is 1.92 bits per heavy atom. The van der Waals surface area contributed by atoms with Crippen molar-refractivity contribution in [2.24, 2.45) is 0 Å². The molecule has 0 saturated heterocycles. The maximum atomic E-state index is 13.5. The first-order chi connectivity index (χ1) is 12.2. The van der Waals surface area contributed by atoms with E-state index in [4.69, 9.17) is 0 Å². The largest absolute Gasteiger partial charge is 0.253 e. The average molecular weight is 355 g/mol. The van der Waals surface area contributed by atoms with E-state index >= 15 is 0 Å². The molecule has 0 bridgehead atoms. The summed E-state index contributed by atoms with van der Waals surface area (Å²) in [6.07, 6.45) is 3.19. The van der Waals surface area contributed by atoms with Gasteiger partial charge in [-0.1, -0.05) is 24.3 Å². The average Bonchev–Trinajstić information content (AvgIpc) is 3.33. The van der Waals surface area contributed by atoms with E-state index < -0.39 is 5.54 Å². The van der Waals surface area contributed by atoms with Gasteiger partial charge in [0, 0.05) is 6.20 Å².